The summed E-state index contributed by atoms with van der Waals surface area (Å²) in [5.74, 6) is -0.402. The van der Waals surface area contributed by atoms with Crippen LogP contribution in [0.25, 0.3) is 0 Å². The monoisotopic (exact) mass is 311 g/mol. The molecule has 2 aromatic carbocycles. The van der Waals surface area contributed by atoms with Gasteiger partial charge in [-0.1, -0.05) is 49.4 Å². The smallest absolute Gasteiger partial charge is 0.273 e. The number of nitro groups is 1. The van der Waals surface area contributed by atoms with Gasteiger partial charge in [-0.3, -0.25) is 14.9 Å². The van der Waals surface area contributed by atoms with Crippen molar-refractivity contribution in [2.45, 2.75) is 19.8 Å². The molecule has 0 aliphatic heterocycles. The summed E-state index contributed by atoms with van der Waals surface area (Å²) >= 11 is 0. The summed E-state index contributed by atoms with van der Waals surface area (Å²) in [4.78, 5) is 22.2. The number of para-hydroxylation sites is 1. The molecule has 118 valence electrons. The molecule has 0 bridgehead atoms. The summed E-state index contributed by atoms with van der Waals surface area (Å²) in [7, 11) is 0. The van der Waals surface area contributed by atoms with E-state index in [2.05, 4.69) is 17.5 Å². The van der Waals surface area contributed by atoms with Crippen LogP contribution in [-0.2, 0) is 17.6 Å². The highest BCUT2D eigenvalue weighted by atomic mass is 16.6. The summed E-state index contributed by atoms with van der Waals surface area (Å²) in [6, 6.07) is 14.0. The molecule has 0 aliphatic carbocycles. The number of aryl methyl sites for hydroxylation is 1. The minimum Gasteiger partial charge on any atom is -0.273 e. The molecule has 6 nitrogen and oxygen atoms in total. The number of nitrogens with one attached hydrogen (secondary N) is 1. The molecule has 2 rings (SSSR count). The van der Waals surface area contributed by atoms with Crippen molar-refractivity contribution >= 4 is 17.8 Å². The fourth-order valence-corrected chi connectivity index (χ4v) is 2.07. The number of carbonyl (C=O) groups excluding carboxylic acids is 1. The van der Waals surface area contributed by atoms with Crippen LogP contribution < -0.4 is 5.43 Å². The zero-order chi connectivity index (χ0) is 16.7. The highest BCUT2D eigenvalue weighted by Crippen LogP contribution is 2.17. The first-order valence-electron chi connectivity index (χ1n) is 7.23. The fraction of sp³-hybridized carbons (Fsp3) is 0.176. The molecule has 1 N–H and O–H groups in total. The van der Waals surface area contributed by atoms with E-state index < -0.39 is 10.8 Å². The predicted molar refractivity (Wildman–Crippen MR) is 88.4 cm³/mol. The number of hydrazone groups is 1. The molecule has 6 heteroatoms. The molecule has 23 heavy (non-hydrogen) atoms. The Hall–Kier alpha value is -3.02. The van der Waals surface area contributed by atoms with Gasteiger partial charge in [-0.2, -0.15) is 5.10 Å². The molecule has 2 aromatic rings. The van der Waals surface area contributed by atoms with E-state index in [1.807, 2.05) is 24.3 Å². The third-order valence-corrected chi connectivity index (χ3v) is 3.33. The standard InChI is InChI=1S/C17H17N3O3/c1-2-13-7-9-14(10-8-13)12-18-19-17(21)11-15-5-3-4-6-16(15)20(22)23/h3-10,12H,2,11H2,1H3,(H,19,21)/b18-12+. The number of hydrogen-bond donors (Lipinski definition) is 1. The average molecular weight is 311 g/mol. The van der Waals surface area contributed by atoms with Crippen LogP contribution in [-0.4, -0.2) is 17.0 Å². The maximum absolute atomic E-state index is 11.8. The Morgan fingerprint density at radius 1 is 1.22 bits per heavy atom. The molecule has 0 saturated heterocycles. The fourth-order valence-electron chi connectivity index (χ4n) is 2.07. The Kier molecular flexibility index (Phi) is 5.57. The van der Waals surface area contributed by atoms with Crippen molar-refractivity contribution in [1.29, 1.82) is 0 Å². The molecule has 0 radical (unpaired) electrons. The van der Waals surface area contributed by atoms with Crippen LogP contribution >= 0.6 is 0 Å². The van der Waals surface area contributed by atoms with Crippen molar-refractivity contribution in [1.82, 2.24) is 5.43 Å². The van der Waals surface area contributed by atoms with Gasteiger partial charge in [0, 0.05) is 11.6 Å². The van der Waals surface area contributed by atoms with Gasteiger partial charge in [-0.15, -0.1) is 0 Å². The van der Waals surface area contributed by atoms with Crippen LogP contribution in [0.2, 0.25) is 0 Å². The molecule has 1 amide bonds. The van der Waals surface area contributed by atoms with Crippen LogP contribution in [0.5, 0.6) is 0 Å². The number of nitrogens with zero attached hydrogens (tertiary/aromatic N) is 2. The Balaban J connectivity index is 1.94. The lowest BCUT2D eigenvalue weighted by Gasteiger charge is -2.02. The zero-order valence-corrected chi connectivity index (χ0v) is 12.7. The second-order valence-corrected chi connectivity index (χ2v) is 4.95. The van der Waals surface area contributed by atoms with E-state index >= 15 is 0 Å². The van der Waals surface area contributed by atoms with Crippen molar-refractivity contribution in [3.8, 4) is 0 Å². The van der Waals surface area contributed by atoms with Gasteiger partial charge in [0.2, 0.25) is 5.91 Å². The minimum absolute atomic E-state index is 0.0678. The van der Waals surface area contributed by atoms with Gasteiger partial charge in [0.1, 0.15) is 0 Å². The highest BCUT2D eigenvalue weighted by Gasteiger charge is 2.14. The summed E-state index contributed by atoms with van der Waals surface area (Å²) in [5.41, 5.74) is 4.77. The van der Waals surface area contributed by atoms with Crippen LogP contribution in [0.3, 0.4) is 0 Å². The summed E-state index contributed by atoms with van der Waals surface area (Å²) in [6.07, 6.45) is 2.41. The molecule has 0 aromatic heterocycles. The Bertz CT molecular complexity index is 724. The number of amides is 1. The van der Waals surface area contributed by atoms with Gasteiger partial charge in [0.05, 0.1) is 17.6 Å². The number of rotatable bonds is 6. The quantitative estimate of drug-likeness (QED) is 0.506. The van der Waals surface area contributed by atoms with E-state index in [4.69, 9.17) is 0 Å². The highest BCUT2D eigenvalue weighted by molar-refractivity contribution is 5.83. The third-order valence-electron chi connectivity index (χ3n) is 3.33. The normalized spacial score (nSPS) is 10.7. The van der Waals surface area contributed by atoms with Gasteiger partial charge in [-0.25, -0.2) is 5.43 Å². The first-order chi connectivity index (χ1) is 11.1. The largest absolute Gasteiger partial charge is 0.273 e. The first-order valence-corrected chi connectivity index (χ1v) is 7.23. The maximum Gasteiger partial charge on any atom is 0.273 e. The van der Waals surface area contributed by atoms with Crippen LogP contribution in [0.4, 0.5) is 5.69 Å². The molecule has 0 fully saturated rings. The SMILES string of the molecule is CCc1ccc(/C=N/NC(=O)Cc2ccccc2[N+](=O)[O-])cc1. The van der Waals surface area contributed by atoms with Crippen LogP contribution in [0.1, 0.15) is 23.6 Å². The average Bonchev–Trinajstić information content (AvgIpc) is 2.56. The van der Waals surface area contributed by atoms with Gasteiger partial charge < -0.3 is 0 Å². The minimum atomic E-state index is -0.499. The number of hydrogen-bond acceptors (Lipinski definition) is 4. The van der Waals surface area contributed by atoms with E-state index in [-0.39, 0.29) is 12.1 Å². The lowest BCUT2D eigenvalue weighted by Crippen LogP contribution is -2.20. The molecule has 0 saturated carbocycles. The number of nitro benzene ring substituents is 1. The van der Waals surface area contributed by atoms with E-state index in [1.54, 1.807) is 18.2 Å². The molecule has 0 heterocycles. The van der Waals surface area contributed by atoms with E-state index in [9.17, 15) is 14.9 Å². The predicted octanol–water partition coefficient (Wildman–Crippen LogP) is 2.85. The molecular formula is C17H17N3O3. The van der Waals surface area contributed by atoms with Gasteiger partial charge in [0.15, 0.2) is 0 Å². The lowest BCUT2D eigenvalue weighted by molar-refractivity contribution is -0.385. The van der Waals surface area contributed by atoms with Crippen molar-refractivity contribution in [3.05, 3.63) is 75.3 Å². The maximum atomic E-state index is 11.8. The molecular weight excluding hydrogens is 294 g/mol. The van der Waals surface area contributed by atoms with Gasteiger partial charge in [0.25, 0.3) is 5.69 Å². The van der Waals surface area contributed by atoms with E-state index in [0.717, 1.165) is 12.0 Å². The zero-order valence-electron chi connectivity index (χ0n) is 12.7. The molecule has 0 unspecified atom stereocenters. The second-order valence-electron chi connectivity index (χ2n) is 4.95. The molecule has 0 spiro atoms. The topological polar surface area (TPSA) is 84.6 Å². The van der Waals surface area contributed by atoms with Crippen molar-refractivity contribution in [3.63, 3.8) is 0 Å². The van der Waals surface area contributed by atoms with Crippen LogP contribution in [0.15, 0.2) is 53.6 Å². The first kappa shape index (κ1) is 16.4. The summed E-state index contributed by atoms with van der Waals surface area (Å²) in [5, 5.41) is 14.8. The molecule has 0 aliphatic rings. The van der Waals surface area contributed by atoms with Crippen molar-refractivity contribution in [2.24, 2.45) is 5.10 Å². The summed E-state index contributed by atoms with van der Waals surface area (Å²) < 4.78 is 0. The van der Waals surface area contributed by atoms with Crippen molar-refractivity contribution in [2.75, 3.05) is 0 Å². The Labute approximate surface area is 134 Å². The molecule has 0 atom stereocenters. The van der Waals surface area contributed by atoms with Gasteiger partial charge in [-0.05, 0) is 17.5 Å². The second kappa shape index (κ2) is 7.84. The number of benzene rings is 2. The van der Waals surface area contributed by atoms with Crippen LogP contribution in [0, 0.1) is 10.1 Å². The van der Waals surface area contributed by atoms with Gasteiger partial charge >= 0.3 is 0 Å². The summed E-state index contributed by atoms with van der Waals surface area (Å²) in [6.45, 7) is 2.08. The lowest BCUT2D eigenvalue weighted by atomic mass is 10.1. The van der Waals surface area contributed by atoms with E-state index in [0.29, 0.717) is 5.56 Å². The third kappa shape index (κ3) is 4.74. The number of carbonyl (C=O) groups is 1. The Morgan fingerprint density at radius 2 is 1.91 bits per heavy atom. The Morgan fingerprint density at radius 3 is 2.57 bits per heavy atom. The van der Waals surface area contributed by atoms with Crippen molar-refractivity contribution < 1.29 is 9.72 Å². The van der Waals surface area contributed by atoms with E-state index in [1.165, 1.54) is 17.8 Å².